The van der Waals surface area contributed by atoms with Crippen LogP contribution in [0.3, 0.4) is 0 Å². The number of hydrogen-bond acceptors (Lipinski definition) is 5. The van der Waals surface area contributed by atoms with Crippen molar-refractivity contribution in [3.8, 4) is 0 Å². The van der Waals surface area contributed by atoms with Gasteiger partial charge in [0, 0.05) is 31.5 Å². The van der Waals surface area contributed by atoms with E-state index in [2.05, 4.69) is 36.1 Å². The monoisotopic (exact) mass is 397 g/mol. The molecule has 0 saturated carbocycles. The van der Waals surface area contributed by atoms with E-state index in [0.717, 1.165) is 41.5 Å². The molecule has 3 rings (SSSR count). The highest BCUT2D eigenvalue weighted by atomic mass is 79.9. The summed E-state index contributed by atoms with van der Waals surface area (Å²) in [5.74, 6) is -0.452. The molecule has 7 nitrogen and oxygen atoms in total. The molecule has 0 radical (unpaired) electrons. The normalized spacial score (nSPS) is 19.0. The van der Waals surface area contributed by atoms with Crippen molar-refractivity contribution in [3.05, 3.63) is 16.9 Å². The number of carbonyl (C=O) groups excluding carboxylic acids is 1. The van der Waals surface area contributed by atoms with Gasteiger partial charge < -0.3 is 26.0 Å². The number of amides is 1. The van der Waals surface area contributed by atoms with Gasteiger partial charge >= 0.3 is 0 Å². The molecule has 2 aromatic rings. The average molecular weight is 398 g/mol. The van der Waals surface area contributed by atoms with Crippen LogP contribution >= 0.6 is 15.9 Å². The fourth-order valence-corrected chi connectivity index (χ4v) is 3.47. The third kappa shape index (κ3) is 3.55. The predicted molar refractivity (Wildman–Crippen MR) is 100 cm³/mol. The summed E-state index contributed by atoms with van der Waals surface area (Å²) >= 11 is 3.57. The number of nitrogens with one attached hydrogen (secondary N) is 2. The van der Waals surface area contributed by atoms with Crippen LogP contribution in [-0.2, 0) is 4.79 Å². The van der Waals surface area contributed by atoms with Crippen LogP contribution in [0.4, 0.5) is 11.4 Å². The molecule has 0 aliphatic carbocycles. The van der Waals surface area contributed by atoms with Crippen molar-refractivity contribution in [1.82, 2.24) is 9.97 Å². The first-order valence-corrected chi connectivity index (χ1v) is 8.41. The van der Waals surface area contributed by atoms with Crippen molar-refractivity contribution in [2.45, 2.75) is 39.3 Å². The zero-order valence-corrected chi connectivity index (χ0v) is 14.4. The number of aromatic amines is 1. The molecule has 2 atom stereocenters. The Hall–Kier alpha value is -1.64. The van der Waals surface area contributed by atoms with E-state index in [1.165, 1.54) is 6.92 Å². The SMILES string of the molecule is C.C[C@H](O)C(=O)Nc1c[nH]c2ncc(Br)c(N3CCC[C@@H](N)C3)c12. The summed E-state index contributed by atoms with van der Waals surface area (Å²) in [4.78, 5) is 21.5. The molecular formula is C16H24BrN5O2. The molecule has 8 heteroatoms. The van der Waals surface area contributed by atoms with Crippen LogP contribution in [0.1, 0.15) is 27.2 Å². The summed E-state index contributed by atoms with van der Waals surface area (Å²) in [5.41, 5.74) is 8.36. The Morgan fingerprint density at radius 2 is 2.38 bits per heavy atom. The second kappa shape index (κ2) is 7.50. The first-order valence-electron chi connectivity index (χ1n) is 7.62. The first-order chi connectivity index (χ1) is 11.0. The van der Waals surface area contributed by atoms with E-state index in [4.69, 9.17) is 5.73 Å². The maximum Gasteiger partial charge on any atom is 0.252 e. The molecule has 1 fully saturated rings. The maximum atomic E-state index is 11.8. The summed E-state index contributed by atoms with van der Waals surface area (Å²) < 4.78 is 0.853. The van der Waals surface area contributed by atoms with Crippen LogP contribution in [0.15, 0.2) is 16.9 Å². The van der Waals surface area contributed by atoms with E-state index in [-0.39, 0.29) is 13.5 Å². The number of H-pyrrole nitrogens is 1. The lowest BCUT2D eigenvalue weighted by Gasteiger charge is -2.33. The van der Waals surface area contributed by atoms with Crippen molar-refractivity contribution in [1.29, 1.82) is 0 Å². The second-order valence-electron chi connectivity index (χ2n) is 5.89. The quantitative estimate of drug-likeness (QED) is 0.634. The summed E-state index contributed by atoms with van der Waals surface area (Å²) in [6.07, 6.45) is 4.40. The fraction of sp³-hybridized carbons (Fsp3) is 0.500. The molecule has 0 aromatic carbocycles. The number of anilines is 2. The first kappa shape index (κ1) is 18.7. The van der Waals surface area contributed by atoms with Gasteiger partial charge in [0.1, 0.15) is 11.8 Å². The van der Waals surface area contributed by atoms with Gasteiger partial charge in [0.25, 0.3) is 5.91 Å². The Kier molecular flexibility index (Phi) is 5.84. The lowest BCUT2D eigenvalue weighted by Crippen LogP contribution is -2.43. The highest BCUT2D eigenvalue weighted by Gasteiger charge is 2.24. The molecule has 1 amide bonds. The van der Waals surface area contributed by atoms with E-state index in [9.17, 15) is 9.90 Å². The zero-order valence-electron chi connectivity index (χ0n) is 12.8. The summed E-state index contributed by atoms with van der Waals surface area (Å²) in [6.45, 7) is 3.09. The maximum absolute atomic E-state index is 11.8. The number of piperidine rings is 1. The number of fused-ring (bicyclic) bond motifs is 1. The summed E-state index contributed by atoms with van der Waals surface area (Å²) in [6, 6.07) is 0.133. The lowest BCUT2D eigenvalue weighted by atomic mass is 10.1. The highest BCUT2D eigenvalue weighted by Crippen LogP contribution is 2.38. The molecule has 0 bridgehead atoms. The van der Waals surface area contributed by atoms with Crippen molar-refractivity contribution >= 4 is 44.2 Å². The molecule has 2 aromatic heterocycles. The lowest BCUT2D eigenvalue weighted by molar-refractivity contribution is -0.123. The number of rotatable bonds is 3. The third-order valence-electron chi connectivity index (χ3n) is 4.04. The van der Waals surface area contributed by atoms with Gasteiger partial charge in [-0.1, -0.05) is 7.43 Å². The fourth-order valence-electron chi connectivity index (χ4n) is 2.91. The van der Waals surface area contributed by atoms with Crippen molar-refractivity contribution < 1.29 is 9.90 Å². The number of pyridine rings is 1. The van der Waals surface area contributed by atoms with E-state index in [0.29, 0.717) is 11.3 Å². The minimum atomic E-state index is -1.08. The molecule has 3 heterocycles. The number of aromatic nitrogens is 2. The van der Waals surface area contributed by atoms with Crippen molar-refractivity contribution in [2.75, 3.05) is 23.3 Å². The number of nitrogens with two attached hydrogens (primary N) is 1. The third-order valence-corrected chi connectivity index (χ3v) is 4.62. The van der Waals surface area contributed by atoms with Crippen LogP contribution in [0, 0.1) is 0 Å². The molecule has 1 aliphatic heterocycles. The average Bonchev–Trinajstić information content (AvgIpc) is 2.90. The Bertz CT molecular complexity index is 731. The molecular weight excluding hydrogens is 374 g/mol. The summed E-state index contributed by atoms with van der Waals surface area (Å²) in [7, 11) is 0. The topological polar surface area (TPSA) is 107 Å². The van der Waals surface area contributed by atoms with E-state index >= 15 is 0 Å². The molecule has 1 saturated heterocycles. The van der Waals surface area contributed by atoms with Crippen LogP contribution in [0.5, 0.6) is 0 Å². The van der Waals surface area contributed by atoms with Gasteiger partial charge in [-0.05, 0) is 35.7 Å². The number of aliphatic hydroxyl groups excluding tert-OH is 1. The molecule has 0 spiro atoms. The molecule has 0 unspecified atom stereocenters. The Morgan fingerprint density at radius 3 is 3.04 bits per heavy atom. The van der Waals surface area contributed by atoms with E-state index in [1.807, 2.05) is 0 Å². The minimum Gasteiger partial charge on any atom is -0.384 e. The van der Waals surface area contributed by atoms with Gasteiger partial charge in [-0.25, -0.2) is 4.98 Å². The van der Waals surface area contributed by atoms with Gasteiger partial charge in [-0.2, -0.15) is 0 Å². The van der Waals surface area contributed by atoms with Crippen LogP contribution in [0.2, 0.25) is 0 Å². The molecule has 5 N–H and O–H groups in total. The van der Waals surface area contributed by atoms with Crippen LogP contribution < -0.4 is 16.0 Å². The number of hydrogen-bond donors (Lipinski definition) is 4. The molecule has 24 heavy (non-hydrogen) atoms. The number of aliphatic hydroxyl groups is 1. The van der Waals surface area contributed by atoms with Gasteiger partial charge in [0.15, 0.2) is 0 Å². The van der Waals surface area contributed by atoms with E-state index in [1.54, 1.807) is 12.4 Å². The van der Waals surface area contributed by atoms with Crippen LogP contribution in [0.25, 0.3) is 11.0 Å². The summed E-state index contributed by atoms with van der Waals surface area (Å²) in [5, 5.41) is 13.0. The Labute approximate surface area is 149 Å². The van der Waals surface area contributed by atoms with Gasteiger partial charge in [0.05, 0.1) is 21.2 Å². The smallest absolute Gasteiger partial charge is 0.252 e. The standard InChI is InChI=1S/C15H20BrN5O2.CH4/c1-8(22)15(23)20-11-6-19-14-12(11)13(10(16)5-18-14)21-4-2-3-9(17)7-21;/h5-6,8-9,22H,2-4,7,17H2,1H3,(H,18,19)(H,20,23);1H4/t8-,9+;/m0./s1. The van der Waals surface area contributed by atoms with Gasteiger partial charge in [0.2, 0.25) is 0 Å². The van der Waals surface area contributed by atoms with Crippen molar-refractivity contribution in [3.63, 3.8) is 0 Å². The molecule has 1 aliphatic rings. The molecule has 132 valence electrons. The predicted octanol–water partition coefficient (Wildman–Crippen LogP) is 2.21. The van der Waals surface area contributed by atoms with E-state index < -0.39 is 12.0 Å². The zero-order chi connectivity index (χ0) is 16.6. The van der Waals surface area contributed by atoms with Crippen LogP contribution in [-0.4, -0.2) is 46.2 Å². The Morgan fingerprint density at radius 1 is 1.62 bits per heavy atom. The number of halogens is 1. The largest absolute Gasteiger partial charge is 0.384 e. The number of nitrogens with zero attached hydrogens (tertiary/aromatic N) is 2. The second-order valence-corrected chi connectivity index (χ2v) is 6.75. The Balaban J connectivity index is 0.00000208. The van der Waals surface area contributed by atoms with Gasteiger partial charge in [-0.3, -0.25) is 4.79 Å². The van der Waals surface area contributed by atoms with Crippen molar-refractivity contribution in [2.24, 2.45) is 5.73 Å². The highest BCUT2D eigenvalue weighted by molar-refractivity contribution is 9.10. The minimum absolute atomic E-state index is 0. The van der Waals surface area contributed by atoms with Gasteiger partial charge in [-0.15, -0.1) is 0 Å². The number of carbonyl (C=O) groups is 1.